The van der Waals surface area contributed by atoms with E-state index in [0.29, 0.717) is 42.5 Å². The van der Waals surface area contributed by atoms with E-state index in [1.54, 1.807) is 15.9 Å². The summed E-state index contributed by atoms with van der Waals surface area (Å²) in [6.07, 6.45) is 2.90. The van der Waals surface area contributed by atoms with E-state index in [9.17, 15) is 38.1 Å². The first-order valence-electron chi connectivity index (χ1n) is 16.0. The molecule has 17 heteroatoms. The fraction of sp³-hybridized carbons (Fsp3) is 0.500. The number of thiophene rings is 1. The third-order valence-electron chi connectivity index (χ3n) is 9.98. The maximum absolute atomic E-state index is 14.3. The normalized spacial score (nSPS) is 27.4. The third-order valence-corrected chi connectivity index (χ3v) is 12.1. The minimum atomic E-state index is -5.77. The van der Waals surface area contributed by atoms with Gasteiger partial charge in [-0.1, -0.05) is 19.4 Å². The van der Waals surface area contributed by atoms with Crippen molar-refractivity contribution in [2.24, 2.45) is 11.8 Å². The summed E-state index contributed by atoms with van der Waals surface area (Å²) in [6, 6.07) is 8.95. The van der Waals surface area contributed by atoms with Crippen molar-refractivity contribution in [2.45, 2.75) is 75.2 Å². The van der Waals surface area contributed by atoms with Crippen molar-refractivity contribution in [3.05, 3.63) is 69.0 Å². The summed E-state index contributed by atoms with van der Waals surface area (Å²) in [5, 5.41) is 27.3. The third kappa shape index (κ3) is 6.94. The number of rotatable bonds is 8. The molecule has 2 aromatic heterocycles. The van der Waals surface area contributed by atoms with Gasteiger partial charge < -0.3 is 30.1 Å². The van der Waals surface area contributed by atoms with E-state index in [0.717, 1.165) is 29.9 Å². The zero-order valence-corrected chi connectivity index (χ0v) is 28.2. The molecule has 1 aromatic carbocycles. The number of nitrogens with one attached hydrogen (secondary N) is 3. The molecule has 3 aliphatic heterocycles. The number of fused-ring (bicyclic) bond motifs is 2. The quantitative estimate of drug-likeness (QED) is 0.149. The molecule has 49 heavy (non-hydrogen) atoms. The van der Waals surface area contributed by atoms with Gasteiger partial charge in [-0.25, -0.2) is 0 Å². The second-order valence-corrected chi connectivity index (χ2v) is 15.8. The van der Waals surface area contributed by atoms with Crippen LogP contribution in [0, 0.1) is 23.2 Å². The van der Waals surface area contributed by atoms with Gasteiger partial charge in [-0.3, -0.25) is 29.2 Å². The smallest absolute Gasteiger partial charge is 0.365 e. The molecular formula is C32H37F2N6O7PS. The maximum Gasteiger partial charge on any atom is 0.399 e. The largest absolute Gasteiger partial charge is 0.399 e. The fourth-order valence-corrected chi connectivity index (χ4v) is 8.78. The Morgan fingerprint density at radius 2 is 1.92 bits per heavy atom. The Labute approximate surface area is 284 Å². The van der Waals surface area contributed by atoms with E-state index in [2.05, 4.69) is 28.6 Å². The molecule has 3 fully saturated rings. The minimum absolute atomic E-state index is 0.135. The average molecular weight is 719 g/mol. The highest BCUT2D eigenvalue weighted by molar-refractivity contribution is 7.52. The van der Waals surface area contributed by atoms with Gasteiger partial charge in [0.15, 0.2) is 6.35 Å². The Morgan fingerprint density at radius 3 is 2.63 bits per heavy atom. The van der Waals surface area contributed by atoms with E-state index in [4.69, 9.17) is 9.79 Å². The summed E-state index contributed by atoms with van der Waals surface area (Å²) in [7, 11) is -5.77. The van der Waals surface area contributed by atoms with Crippen LogP contribution in [0.1, 0.15) is 65.7 Å². The van der Waals surface area contributed by atoms with Gasteiger partial charge in [0.1, 0.15) is 6.04 Å². The summed E-state index contributed by atoms with van der Waals surface area (Å²) < 4.78 is 40.5. The number of hydrogen-bond acceptors (Lipinski definition) is 9. The molecule has 2 unspecified atom stereocenters. The van der Waals surface area contributed by atoms with Crippen LogP contribution in [0.2, 0.25) is 0 Å². The molecule has 2 amide bonds. The molecule has 0 aliphatic carbocycles. The number of aliphatic hydroxyl groups excluding tert-OH is 1. The summed E-state index contributed by atoms with van der Waals surface area (Å²) in [5.74, 6) is -1.47. The summed E-state index contributed by atoms with van der Waals surface area (Å²) in [5.41, 5.74) is -4.84. The first kappa shape index (κ1) is 35.3. The highest BCUT2D eigenvalue weighted by Gasteiger charge is 2.50. The standard InChI is InChI=1S/C32H37F2N6O7PS/c1-17-3-2-4-23(37-29(42)26-12-19-11-21(5-7-25(19)49-26)32(33,34)48(45,46)47)30(43)40-24(17)6-8-27(40)38-31(44)39-15-20(14-35)22(16-39)18-9-10-36-28(41)13-18/h5,7,9-13,17,20,22-24,27,31,38,44H,2-4,6,8,15-16H2,1H3,(H,36,41)(H,37,42)(H2,45,46,47)/t17?,20-,22+,23+,24-,27+,31?/m1/s1. The molecular weight excluding hydrogens is 681 g/mol. The Kier molecular flexibility index (Phi) is 9.82. The number of aromatic nitrogens is 1. The number of hydrogen-bond donors (Lipinski definition) is 6. The van der Waals surface area contributed by atoms with Gasteiger partial charge in [0, 0.05) is 47.6 Å². The molecule has 0 saturated carbocycles. The number of carbonyl (C=O) groups excluding carboxylic acids is 2. The topological polar surface area (TPSA) is 199 Å². The van der Waals surface area contributed by atoms with E-state index < -0.39 is 49.2 Å². The van der Waals surface area contributed by atoms with Crippen molar-refractivity contribution in [3.8, 4) is 6.07 Å². The van der Waals surface area contributed by atoms with Crippen LogP contribution in [-0.4, -0.2) is 79.2 Å². The second-order valence-electron chi connectivity index (χ2n) is 13.1. The molecule has 262 valence electrons. The summed E-state index contributed by atoms with van der Waals surface area (Å²) >= 11 is 1.01. The second kappa shape index (κ2) is 13.6. The molecule has 6 rings (SSSR count). The van der Waals surface area contributed by atoms with E-state index >= 15 is 0 Å². The number of aromatic amines is 1. The van der Waals surface area contributed by atoms with Gasteiger partial charge in [-0.05, 0) is 66.8 Å². The first-order chi connectivity index (χ1) is 23.2. The fourth-order valence-electron chi connectivity index (χ4n) is 7.36. The highest BCUT2D eigenvalue weighted by atomic mass is 32.1. The molecule has 13 nitrogen and oxygen atoms in total. The minimum Gasteiger partial charge on any atom is -0.365 e. The van der Waals surface area contributed by atoms with Crippen molar-refractivity contribution in [1.29, 1.82) is 5.26 Å². The number of aliphatic hydroxyl groups is 1. The van der Waals surface area contributed by atoms with Crippen LogP contribution in [0.4, 0.5) is 8.78 Å². The maximum atomic E-state index is 14.3. The van der Waals surface area contributed by atoms with Gasteiger partial charge in [0.25, 0.3) is 5.91 Å². The lowest BCUT2D eigenvalue weighted by Gasteiger charge is -2.40. The van der Waals surface area contributed by atoms with E-state index in [1.807, 2.05) is 0 Å². The average Bonchev–Trinajstić information content (AvgIpc) is 3.79. The molecule has 0 bridgehead atoms. The van der Waals surface area contributed by atoms with Crippen LogP contribution in [0.25, 0.3) is 10.1 Å². The predicted molar refractivity (Wildman–Crippen MR) is 175 cm³/mol. The Bertz CT molecular complexity index is 1890. The van der Waals surface area contributed by atoms with Crippen molar-refractivity contribution in [2.75, 3.05) is 13.1 Å². The van der Waals surface area contributed by atoms with E-state index in [1.165, 1.54) is 24.4 Å². The van der Waals surface area contributed by atoms with Crippen molar-refractivity contribution < 1.29 is 37.8 Å². The molecule has 0 spiro atoms. The number of amides is 2. The van der Waals surface area contributed by atoms with Gasteiger partial charge in [0.2, 0.25) is 11.5 Å². The Morgan fingerprint density at radius 1 is 1.14 bits per heavy atom. The zero-order chi connectivity index (χ0) is 35.2. The number of H-pyrrole nitrogens is 1. The summed E-state index contributed by atoms with van der Waals surface area (Å²) in [4.78, 5) is 63.9. The van der Waals surface area contributed by atoms with Gasteiger partial charge >= 0.3 is 13.3 Å². The monoisotopic (exact) mass is 718 g/mol. The van der Waals surface area contributed by atoms with Crippen molar-refractivity contribution in [1.82, 2.24) is 25.4 Å². The van der Waals surface area contributed by atoms with Crippen LogP contribution in [0.5, 0.6) is 0 Å². The number of alkyl halides is 2. The first-order valence-corrected chi connectivity index (χ1v) is 18.5. The van der Waals surface area contributed by atoms with Crippen LogP contribution < -0.4 is 16.2 Å². The van der Waals surface area contributed by atoms with Crippen LogP contribution in [-0.2, 0) is 15.0 Å². The molecule has 0 radical (unpaired) electrons. The van der Waals surface area contributed by atoms with Crippen LogP contribution >= 0.6 is 18.9 Å². The van der Waals surface area contributed by atoms with Crippen molar-refractivity contribution >= 4 is 40.8 Å². The number of pyridine rings is 1. The SMILES string of the molecule is CC1CCC[C@H](NC(=O)c2cc3cc(C(F)(F)P(=O)(O)O)ccc3s2)C(=O)N2[C@@H]1CC[C@H]2NC(O)N1C[C@@H](C#N)[C@H](c2cc[nH]c(=O)c2)C1. The number of halogens is 2. The number of benzene rings is 1. The molecule has 7 atom stereocenters. The van der Waals surface area contributed by atoms with Gasteiger partial charge in [0.05, 0.1) is 23.0 Å². The molecule has 3 saturated heterocycles. The summed E-state index contributed by atoms with van der Waals surface area (Å²) in [6.45, 7) is 2.66. The number of carbonyl (C=O) groups is 2. The number of likely N-dealkylation sites (tertiary alicyclic amines) is 1. The van der Waals surface area contributed by atoms with E-state index in [-0.39, 0.29) is 46.2 Å². The highest BCUT2D eigenvalue weighted by Crippen LogP contribution is 2.59. The van der Waals surface area contributed by atoms with Crippen LogP contribution in [0.3, 0.4) is 0 Å². The molecule has 5 heterocycles. The lowest BCUT2D eigenvalue weighted by Crippen LogP contribution is -2.60. The molecule has 6 N–H and O–H groups in total. The van der Waals surface area contributed by atoms with Crippen molar-refractivity contribution in [3.63, 3.8) is 0 Å². The lowest BCUT2D eigenvalue weighted by molar-refractivity contribution is -0.141. The molecule has 3 aliphatic rings. The van der Waals surface area contributed by atoms with Gasteiger partial charge in [-0.15, -0.1) is 11.3 Å². The Balaban J connectivity index is 1.17. The number of nitrogens with zero attached hydrogens (tertiary/aromatic N) is 3. The van der Waals surface area contributed by atoms with Gasteiger partial charge in [-0.2, -0.15) is 14.0 Å². The molecule has 3 aromatic rings. The van der Waals surface area contributed by atoms with Crippen LogP contribution in [0.15, 0.2) is 47.4 Å². The predicted octanol–water partition coefficient (Wildman–Crippen LogP) is 3.16. The number of nitriles is 1. The lowest BCUT2D eigenvalue weighted by atomic mass is 9.90. The zero-order valence-electron chi connectivity index (χ0n) is 26.5. The Hall–Kier alpha value is -3.55.